The van der Waals surface area contributed by atoms with Crippen molar-refractivity contribution in [1.82, 2.24) is 9.80 Å². The van der Waals surface area contributed by atoms with E-state index in [1.54, 1.807) is 15.9 Å². The number of benzene rings is 1. The number of hydrogen-bond donors (Lipinski definition) is 0. The van der Waals surface area contributed by atoms with Gasteiger partial charge in [0.15, 0.2) is 0 Å². The van der Waals surface area contributed by atoms with Gasteiger partial charge in [-0.15, -0.1) is 22.7 Å². The van der Waals surface area contributed by atoms with Crippen LogP contribution in [0.2, 0.25) is 10.0 Å². The van der Waals surface area contributed by atoms with Crippen molar-refractivity contribution in [1.29, 1.82) is 0 Å². The van der Waals surface area contributed by atoms with Gasteiger partial charge in [0, 0.05) is 41.3 Å². The summed E-state index contributed by atoms with van der Waals surface area (Å²) in [6.07, 6.45) is 0. The highest BCUT2D eigenvalue weighted by Crippen LogP contribution is 2.37. The molecule has 2 amide bonds. The zero-order valence-electron chi connectivity index (χ0n) is 13.6. The highest BCUT2D eigenvalue weighted by molar-refractivity contribution is 7.21. The first kappa shape index (κ1) is 17.8. The van der Waals surface area contributed by atoms with Crippen molar-refractivity contribution >= 4 is 67.8 Å². The van der Waals surface area contributed by atoms with E-state index >= 15 is 0 Å². The van der Waals surface area contributed by atoms with Gasteiger partial charge >= 0.3 is 0 Å². The topological polar surface area (TPSA) is 40.6 Å². The standard InChI is InChI=1S/C18H14Cl2N2O2S2/c19-11-3-4-12-14(10-11)26-16(15(12)20)18(24)22-7-5-21(6-8-22)17(23)13-2-1-9-25-13/h1-4,9-10H,5-8H2. The fourth-order valence-corrected chi connectivity index (χ4v) is 5.44. The molecular weight excluding hydrogens is 411 g/mol. The second-order valence-corrected chi connectivity index (χ2v) is 8.76. The van der Waals surface area contributed by atoms with Crippen molar-refractivity contribution in [3.63, 3.8) is 0 Å². The first-order chi connectivity index (χ1) is 12.5. The molecule has 0 atom stereocenters. The van der Waals surface area contributed by atoms with Crippen molar-refractivity contribution in [3.05, 3.63) is 55.5 Å². The maximum Gasteiger partial charge on any atom is 0.265 e. The molecule has 1 aliphatic rings. The van der Waals surface area contributed by atoms with Gasteiger partial charge in [-0.25, -0.2) is 0 Å². The lowest BCUT2D eigenvalue weighted by atomic mass is 10.2. The largest absolute Gasteiger partial charge is 0.334 e. The normalized spacial score (nSPS) is 14.8. The number of hydrogen-bond acceptors (Lipinski definition) is 4. The van der Waals surface area contributed by atoms with Crippen LogP contribution < -0.4 is 0 Å². The number of nitrogens with zero attached hydrogens (tertiary/aromatic N) is 2. The number of carbonyl (C=O) groups excluding carboxylic acids is 2. The van der Waals surface area contributed by atoms with Crippen LogP contribution in [0.15, 0.2) is 35.7 Å². The molecule has 134 valence electrons. The second-order valence-electron chi connectivity index (χ2n) is 5.95. The molecule has 26 heavy (non-hydrogen) atoms. The molecule has 2 aromatic heterocycles. The lowest BCUT2D eigenvalue weighted by Gasteiger charge is -2.34. The van der Waals surface area contributed by atoms with Crippen molar-refractivity contribution in [3.8, 4) is 0 Å². The summed E-state index contributed by atoms with van der Waals surface area (Å²) in [6.45, 7) is 2.05. The molecule has 0 radical (unpaired) electrons. The van der Waals surface area contributed by atoms with E-state index in [2.05, 4.69) is 0 Å². The van der Waals surface area contributed by atoms with Crippen LogP contribution in [0.3, 0.4) is 0 Å². The van der Waals surface area contributed by atoms with E-state index in [1.165, 1.54) is 22.7 Å². The summed E-state index contributed by atoms with van der Waals surface area (Å²) in [5.41, 5.74) is 0. The predicted octanol–water partition coefficient (Wildman–Crippen LogP) is 4.87. The molecule has 1 aromatic carbocycles. The zero-order chi connectivity index (χ0) is 18.3. The van der Waals surface area contributed by atoms with Crippen molar-refractivity contribution in [2.45, 2.75) is 0 Å². The number of piperazine rings is 1. The highest BCUT2D eigenvalue weighted by Gasteiger charge is 2.28. The van der Waals surface area contributed by atoms with Crippen molar-refractivity contribution in [2.75, 3.05) is 26.2 Å². The zero-order valence-corrected chi connectivity index (χ0v) is 16.7. The van der Waals surface area contributed by atoms with E-state index in [0.717, 1.165) is 15.0 Å². The molecule has 8 heteroatoms. The molecule has 0 saturated carbocycles. The second kappa shape index (κ2) is 7.19. The van der Waals surface area contributed by atoms with Crippen molar-refractivity contribution in [2.24, 2.45) is 0 Å². The summed E-state index contributed by atoms with van der Waals surface area (Å²) in [4.78, 5) is 30.1. The van der Waals surface area contributed by atoms with Gasteiger partial charge < -0.3 is 9.80 Å². The molecule has 0 bridgehead atoms. The van der Waals surface area contributed by atoms with Crippen LogP contribution in [-0.4, -0.2) is 47.8 Å². The maximum atomic E-state index is 12.9. The van der Waals surface area contributed by atoms with E-state index in [4.69, 9.17) is 23.2 Å². The molecule has 1 fully saturated rings. The summed E-state index contributed by atoms with van der Waals surface area (Å²) in [7, 11) is 0. The number of amides is 2. The number of halogens is 2. The third-order valence-corrected chi connectivity index (χ3v) is 7.11. The minimum atomic E-state index is -0.0875. The van der Waals surface area contributed by atoms with Crippen LogP contribution in [0.4, 0.5) is 0 Å². The predicted molar refractivity (Wildman–Crippen MR) is 108 cm³/mol. The highest BCUT2D eigenvalue weighted by atomic mass is 35.5. The molecule has 1 saturated heterocycles. The van der Waals surface area contributed by atoms with Crippen LogP contribution in [0.1, 0.15) is 19.3 Å². The molecule has 4 nitrogen and oxygen atoms in total. The number of thiophene rings is 2. The average molecular weight is 425 g/mol. The minimum absolute atomic E-state index is 0.0293. The molecule has 0 N–H and O–H groups in total. The van der Waals surface area contributed by atoms with Gasteiger partial charge in [0.2, 0.25) is 0 Å². The Labute approximate surface area is 168 Å². The molecule has 0 unspecified atom stereocenters. The van der Waals surface area contributed by atoms with Gasteiger partial charge in [0.1, 0.15) is 4.88 Å². The van der Waals surface area contributed by atoms with Crippen LogP contribution in [0.5, 0.6) is 0 Å². The molecule has 0 spiro atoms. The monoisotopic (exact) mass is 424 g/mol. The van der Waals surface area contributed by atoms with Crippen molar-refractivity contribution < 1.29 is 9.59 Å². The molecule has 3 aromatic rings. The van der Waals surface area contributed by atoms with Gasteiger partial charge in [-0.05, 0) is 23.6 Å². The fourth-order valence-electron chi connectivity index (χ4n) is 2.99. The molecule has 3 heterocycles. The summed E-state index contributed by atoms with van der Waals surface area (Å²) in [5.74, 6) is -0.0582. The average Bonchev–Trinajstić information content (AvgIpc) is 3.29. The Balaban J connectivity index is 1.49. The molecule has 1 aliphatic heterocycles. The first-order valence-electron chi connectivity index (χ1n) is 8.04. The van der Waals surface area contributed by atoms with Crippen LogP contribution in [-0.2, 0) is 0 Å². The van der Waals surface area contributed by atoms with Gasteiger partial charge in [0.05, 0.1) is 9.90 Å². The first-order valence-corrected chi connectivity index (χ1v) is 10.5. The maximum absolute atomic E-state index is 12.9. The quantitative estimate of drug-likeness (QED) is 0.588. The smallest absolute Gasteiger partial charge is 0.265 e. The van der Waals surface area contributed by atoms with E-state index < -0.39 is 0 Å². The lowest BCUT2D eigenvalue weighted by molar-refractivity contribution is 0.0541. The Morgan fingerprint density at radius 1 is 0.962 bits per heavy atom. The van der Waals surface area contributed by atoms with Gasteiger partial charge in [-0.3, -0.25) is 9.59 Å². The number of fused-ring (bicyclic) bond motifs is 1. The Kier molecular flexibility index (Phi) is 4.92. The summed E-state index contributed by atoms with van der Waals surface area (Å²) >= 11 is 15.2. The van der Waals surface area contributed by atoms with E-state index in [9.17, 15) is 9.59 Å². The summed E-state index contributed by atoms with van der Waals surface area (Å²) in [5, 5.41) is 3.83. The summed E-state index contributed by atoms with van der Waals surface area (Å²) in [6, 6.07) is 9.12. The Bertz CT molecular complexity index is 977. The SMILES string of the molecule is O=C(c1cccs1)N1CCN(C(=O)c2sc3cc(Cl)ccc3c2Cl)CC1. The molecule has 4 rings (SSSR count). The Morgan fingerprint density at radius 3 is 2.31 bits per heavy atom. The van der Waals surface area contributed by atoms with Gasteiger partial charge in [-0.2, -0.15) is 0 Å². The van der Waals surface area contributed by atoms with Crippen LogP contribution >= 0.6 is 45.9 Å². The molecule has 0 aliphatic carbocycles. The number of carbonyl (C=O) groups is 2. The van der Waals surface area contributed by atoms with Gasteiger partial charge in [-0.1, -0.05) is 35.3 Å². The third kappa shape index (κ3) is 3.22. The van der Waals surface area contributed by atoms with E-state index in [1.807, 2.05) is 29.6 Å². The van der Waals surface area contributed by atoms with Gasteiger partial charge in [0.25, 0.3) is 11.8 Å². The third-order valence-electron chi connectivity index (χ3n) is 4.37. The van der Waals surface area contributed by atoms with E-state index in [-0.39, 0.29) is 11.8 Å². The van der Waals surface area contributed by atoms with Crippen LogP contribution in [0.25, 0.3) is 10.1 Å². The Hall–Kier alpha value is -1.60. The Morgan fingerprint density at radius 2 is 1.65 bits per heavy atom. The number of rotatable bonds is 2. The lowest BCUT2D eigenvalue weighted by Crippen LogP contribution is -2.50. The van der Waals surface area contributed by atoms with E-state index in [0.29, 0.717) is 41.1 Å². The fraction of sp³-hybridized carbons (Fsp3) is 0.222. The minimum Gasteiger partial charge on any atom is -0.334 e. The molecular formula is C18H14Cl2N2O2S2. The van der Waals surface area contributed by atoms with Crippen LogP contribution in [0, 0.1) is 0 Å². The summed E-state index contributed by atoms with van der Waals surface area (Å²) < 4.78 is 0.900.